The maximum atomic E-state index is 6.92. The van der Waals surface area contributed by atoms with Crippen LogP contribution in [-0.4, -0.2) is 10.3 Å². The number of fused-ring (bicyclic) bond motifs is 4. The minimum Gasteiger partial charge on any atom is -0.459 e. The molecule has 0 spiro atoms. The van der Waals surface area contributed by atoms with Crippen LogP contribution in [0.3, 0.4) is 0 Å². The molecule has 0 saturated carbocycles. The van der Waals surface area contributed by atoms with Crippen LogP contribution in [0, 0.1) is 6.92 Å². The Morgan fingerprint density at radius 3 is 2.00 bits per heavy atom. The highest BCUT2D eigenvalue weighted by molar-refractivity contribution is 6.19. The molecule has 2 aromatic heterocycles. The molecule has 0 aliphatic heterocycles. The second-order valence-electron chi connectivity index (χ2n) is 14.2. The zero-order chi connectivity index (χ0) is 37.6. The Kier molecular flexibility index (Phi) is 8.15. The van der Waals surface area contributed by atoms with Crippen molar-refractivity contribution in [2.75, 3.05) is 5.73 Å². The van der Waals surface area contributed by atoms with Crippen molar-refractivity contribution in [1.82, 2.24) is 4.57 Å². The third-order valence-electron chi connectivity index (χ3n) is 10.8. The molecule has 10 aromatic rings. The Balaban J connectivity index is 1.15. The van der Waals surface area contributed by atoms with Crippen molar-refractivity contribution in [2.24, 2.45) is 4.99 Å². The molecular weight excluding hydrogens is 683 g/mol. The number of hydrogen-bond acceptors (Lipinski definition) is 3. The summed E-state index contributed by atoms with van der Waals surface area (Å²) < 4.78 is 8.56. The highest BCUT2D eigenvalue weighted by atomic mass is 16.3. The highest BCUT2D eigenvalue weighted by Gasteiger charge is 2.20. The summed E-state index contributed by atoms with van der Waals surface area (Å²) in [4.78, 5) is 5.49. The quantitative estimate of drug-likeness (QED) is 0.132. The van der Waals surface area contributed by atoms with Crippen LogP contribution in [0.1, 0.15) is 16.9 Å². The van der Waals surface area contributed by atoms with Gasteiger partial charge >= 0.3 is 0 Å². The molecule has 0 fully saturated rings. The number of hydrogen-bond donors (Lipinski definition) is 1. The second-order valence-corrected chi connectivity index (χ2v) is 14.2. The number of nitrogen functional groups attached to an aromatic ring is 1. The van der Waals surface area contributed by atoms with Crippen molar-refractivity contribution >= 4 is 49.9 Å². The molecule has 56 heavy (non-hydrogen) atoms. The van der Waals surface area contributed by atoms with Gasteiger partial charge in [-0.25, -0.2) is 4.99 Å². The number of nitrogens with two attached hydrogens (primary N) is 1. The number of aromatic nitrogens is 1. The van der Waals surface area contributed by atoms with E-state index < -0.39 is 0 Å². The van der Waals surface area contributed by atoms with Crippen LogP contribution in [0.4, 0.5) is 11.4 Å². The van der Waals surface area contributed by atoms with Gasteiger partial charge in [-0.15, -0.1) is 0 Å². The van der Waals surface area contributed by atoms with Crippen LogP contribution >= 0.6 is 0 Å². The van der Waals surface area contributed by atoms with Crippen molar-refractivity contribution in [3.05, 3.63) is 211 Å². The van der Waals surface area contributed by atoms with Crippen molar-refractivity contribution in [1.29, 1.82) is 0 Å². The average molecular weight is 720 g/mol. The fraction of sp³-hybridized carbons (Fsp3) is 0.0192. The number of para-hydroxylation sites is 3. The predicted octanol–water partition coefficient (Wildman–Crippen LogP) is 13.6. The van der Waals surface area contributed by atoms with Gasteiger partial charge < -0.3 is 14.7 Å². The van der Waals surface area contributed by atoms with Crippen molar-refractivity contribution in [3.8, 4) is 39.1 Å². The van der Waals surface area contributed by atoms with Crippen LogP contribution in [0.15, 0.2) is 204 Å². The van der Waals surface area contributed by atoms with E-state index in [1.54, 1.807) is 0 Å². The van der Waals surface area contributed by atoms with E-state index in [-0.39, 0.29) is 0 Å². The van der Waals surface area contributed by atoms with E-state index >= 15 is 0 Å². The molecule has 0 atom stereocenters. The molecule has 0 bridgehead atoms. The summed E-state index contributed by atoms with van der Waals surface area (Å²) in [5.41, 5.74) is 22.0. The third kappa shape index (κ3) is 5.76. The molecule has 0 radical (unpaired) electrons. The van der Waals surface area contributed by atoms with Crippen molar-refractivity contribution < 1.29 is 4.42 Å². The van der Waals surface area contributed by atoms with Gasteiger partial charge in [-0.2, -0.15) is 0 Å². The number of nitrogens with zero attached hydrogens (tertiary/aromatic N) is 2. The molecule has 266 valence electrons. The van der Waals surface area contributed by atoms with Crippen molar-refractivity contribution in [3.63, 3.8) is 0 Å². The van der Waals surface area contributed by atoms with Gasteiger partial charge in [-0.05, 0) is 95.4 Å². The van der Waals surface area contributed by atoms with Gasteiger partial charge in [0.1, 0.15) is 17.0 Å². The zero-order valence-corrected chi connectivity index (χ0v) is 30.9. The summed E-state index contributed by atoms with van der Waals surface area (Å²) in [6.07, 6.45) is 0. The summed E-state index contributed by atoms with van der Waals surface area (Å²) in [6, 6.07) is 68.0. The number of rotatable bonds is 7. The van der Waals surface area contributed by atoms with Crippen LogP contribution < -0.4 is 5.73 Å². The molecule has 0 aliphatic carbocycles. The van der Waals surface area contributed by atoms with Crippen LogP contribution in [-0.2, 0) is 0 Å². The lowest BCUT2D eigenvalue weighted by Crippen LogP contribution is -2.06. The van der Waals surface area contributed by atoms with Gasteiger partial charge in [0.05, 0.1) is 16.7 Å². The largest absolute Gasteiger partial charge is 0.459 e. The average Bonchev–Trinajstić information content (AvgIpc) is 3.76. The number of aryl methyl sites for hydroxylation is 1. The molecule has 4 nitrogen and oxygen atoms in total. The van der Waals surface area contributed by atoms with Gasteiger partial charge in [-0.1, -0.05) is 133 Å². The third-order valence-corrected chi connectivity index (χ3v) is 10.8. The highest BCUT2D eigenvalue weighted by Crippen LogP contribution is 2.40. The van der Waals surface area contributed by atoms with E-state index in [0.29, 0.717) is 5.69 Å². The standard InChI is InChI=1S/C52H37N3O/c1-34-51(44-24-11-13-26-50(44)56-34)54-52(39-18-14-17-36(31-39)35-15-4-2-5-16-35)43-23-9-8-21-41(43)45-32-37(27-29-47(45)53)38-28-30-49-46(33-38)42-22-10-12-25-48(42)55(49)40-19-6-3-7-20-40/h2-33H,53H2,1H3. The molecule has 4 heteroatoms. The predicted molar refractivity (Wildman–Crippen MR) is 234 cm³/mol. The maximum absolute atomic E-state index is 6.92. The van der Waals surface area contributed by atoms with Gasteiger partial charge in [0.2, 0.25) is 0 Å². The summed E-state index contributed by atoms with van der Waals surface area (Å²) >= 11 is 0. The Labute approximate surface area is 325 Å². The molecule has 8 aromatic carbocycles. The molecule has 0 aliphatic rings. The summed E-state index contributed by atoms with van der Waals surface area (Å²) in [5, 5.41) is 3.40. The summed E-state index contributed by atoms with van der Waals surface area (Å²) in [6.45, 7) is 1.98. The van der Waals surface area contributed by atoms with Crippen molar-refractivity contribution in [2.45, 2.75) is 6.92 Å². The van der Waals surface area contributed by atoms with E-state index in [1.807, 2.05) is 37.3 Å². The van der Waals surface area contributed by atoms with E-state index in [9.17, 15) is 0 Å². The molecule has 2 heterocycles. The lowest BCUT2D eigenvalue weighted by atomic mass is 9.89. The van der Waals surface area contributed by atoms with Crippen LogP contribution in [0.2, 0.25) is 0 Å². The van der Waals surface area contributed by atoms with Gasteiger partial charge in [0.15, 0.2) is 0 Å². The maximum Gasteiger partial charge on any atom is 0.136 e. The molecule has 2 N–H and O–H groups in total. The van der Waals surface area contributed by atoms with E-state index in [2.05, 4.69) is 168 Å². The first-order valence-corrected chi connectivity index (χ1v) is 18.9. The number of anilines is 1. The zero-order valence-electron chi connectivity index (χ0n) is 30.9. The van der Waals surface area contributed by atoms with Gasteiger partial charge in [0, 0.05) is 44.2 Å². The fourth-order valence-electron chi connectivity index (χ4n) is 8.06. The summed E-state index contributed by atoms with van der Waals surface area (Å²) in [5.74, 6) is 0.769. The number of aliphatic imine (C=N–C) groups is 1. The Morgan fingerprint density at radius 1 is 0.500 bits per heavy atom. The lowest BCUT2D eigenvalue weighted by molar-refractivity contribution is 0.579. The molecule has 10 rings (SSSR count). The first-order valence-electron chi connectivity index (χ1n) is 18.9. The SMILES string of the molecule is Cc1oc2ccccc2c1N=C(c1cccc(-c2ccccc2)c1)c1ccccc1-c1cc(-c2ccc3c(c2)c2ccccc2n3-c2ccccc2)ccc1N. The fourth-order valence-corrected chi connectivity index (χ4v) is 8.06. The first kappa shape index (κ1) is 33.2. The van der Waals surface area contributed by atoms with Gasteiger partial charge in [-0.3, -0.25) is 0 Å². The van der Waals surface area contributed by atoms with Crippen LogP contribution in [0.5, 0.6) is 0 Å². The van der Waals surface area contributed by atoms with E-state index in [4.69, 9.17) is 15.1 Å². The number of furan rings is 1. The van der Waals surface area contributed by atoms with Gasteiger partial charge in [0.25, 0.3) is 0 Å². The molecule has 0 amide bonds. The normalized spacial score (nSPS) is 11.8. The Bertz CT molecular complexity index is 3100. The molecule has 0 unspecified atom stereocenters. The lowest BCUT2D eigenvalue weighted by Gasteiger charge is -2.17. The van der Waals surface area contributed by atoms with E-state index in [0.717, 1.165) is 78.3 Å². The minimum atomic E-state index is 0.699. The Hall–Kier alpha value is -7.43. The second kappa shape index (κ2) is 13.8. The monoisotopic (exact) mass is 719 g/mol. The molecular formula is C52H37N3O. The number of benzene rings is 8. The molecule has 0 saturated heterocycles. The smallest absolute Gasteiger partial charge is 0.136 e. The van der Waals surface area contributed by atoms with E-state index in [1.165, 1.54) is 21.8 Å². The van der Waals surface area contributed by atoms with Crippen LogP contribution in [0.25, 0.3) is 71.8 Å². The topological polar surface area (TPSA) is 56.5 Å². The summed E-state index contributed by atoms with van der Waals surface area (Å²) in [7, 11) is 0. The minimum absolute atomic E-state index is 0.699. The first-order chi connectivity index (χ1) is 27.6. The Morgan fingerprint density at radius 2 is 1.14 bits per heavy atom.